The maximum Gasteiger partial charge on any atom is 0.256 e. The van der Waals surface area contributed by atoms with E-state index in [2.05, 4.69) is 5.10 Å². The smallest absolute Gasteiger partial charge is 0.256 e. The van der Waals surface area contributed by atoms with Gasteiger partial charge >= 0.3 is 0 Å². The van der Waals surface area contributed by atoms with Gasteiger partial charge in [0.1, 0.15) is 4.90 Å². The summed E-state index contributed by atoms with van der Waals surface area (Å²) >= 11 is 0. The fourth-order valence-electron chi connectivity index (χ4n) is 1.08. The van der Waals surface area contributed by atoms with E-state index in [-0.39, 0.29) is 4.90 Å². The quantitative estimate of drug-likeness (QED) is 0.506. The van der Waals surface area contributed by atoms with Gasteiger partial charge in [0.25, 0.3) is 10.0 Å². The molecule has 0 saturated heterocycles. The van der Waals surface area contributed by atoms with E-state index in [1.165, 1.54) is 6.20 Å². The second kappa shape index (κ2) is 3.44. The molecule has 0 unspecified atom stereocenters. The number of nitrogens with two attached hydrogens (primary N) is 1. The number of rotatable bonds is 3. The minimum Gasteiger partial charge on any atom is -0.269 e. The summed E-state index contributed by atoms with van der Waals surface area (Å²) in [7, 11) is -3.57. The summed E-state index contributed by atoms with van der Waals surface area (Å²) in [6.45, 7) is 4.19. The summed E-state index contributed by atoms with van der Waals surface area (Å²) in [5.41, 5.74) is 0.584. The number of hydrazine groups is 1. The molecule has 0 amide bonds. The highest BCUT2D eigenvalue weighted by molar-refractivity contribution is 7.89. The SMILES string of the molecule is CCn1ncc(S(=O)(=O)NN)c1C. The normalized spacial score (nSPS) is 11.9. The van der Waals surface area contributed by atoms with Gasteiger partial charge in [-0.3, -0.25) is 10.5 Å². The van der Waals surface area contributed by atoms with Crippen molar-refractivity contribution >= 4 is 10.0 Å². The van der Waals surface area contributed by atoms with Crippen LogP contribution in [0.5, 0.6) is 0 Å². The lowest BCUT2D eigenvalue weighted by Gasteiger charge is -2.01. The Morgan fingerprint density at radius 2 is 2.31 bits per heavy atom. The summed E-state index contributed by atoms with van der Waals surface area (Å²) in [5.74, 6) is 4.88. The first-order valence-electron chi connectivity index (χ1n) is 3.77. The second-order valence-electron chi connectivity index (χ2n) is 2.53. The predicted molar refractivity (Wildman–Crippen MR) is 47.1 cm³/mol. The summed E-state index contributed by atoms with van der Waals surface area (Å²) in [5, 5.41) is 3.89. The Bertz CT molecular complexity index is 395. The van der Waals surface area contributed by atoms with Gasteiger partial charge in [-0.05, 0) is 13.8 Å². The molecular formula is C6H12N4O2S. The lowest BCUT2D eigenvalue weighted by molar-refractivity contribution is 0.582. The molecule has 1 heterocycles. The molecule has 74 valence electrons. The first-order valence-corrected chi connectivity index (χ1v) is 5.26. The van der Waals surface area contributed by atoms with Gasteiger partial charge in [-0.1, -0.05) is 0 Å². The molecule has 0 fully saturated rings. The van der Waals surface area contributed by atoms with Crippen molar-refractivity contribution in [1.82, 2.24) is 14.6 Å². The van der Waals surface area contributed by atoms with Gasteiger partial charge in [0, 0.05) is 6.54 Å². The number of aromatic nitrogens is 2. The van der Waals surface area contributed by atoms with E-state index in [0.717, 1.165) is 0 Å². The van der Waals surface area contributed by atoms with Crippen molar-refractivity contribution < 1.29 is 8.42 Å². The highest BCUT2D eigenvalue weighted by atomic mass is 32.2. The molecule has 0 aliphatic heterocycles. The van der Waals surface area contributed by atoms with Gasteiger partial charge in [0.15, 0.2) is 0 Å². The predicted octanol–water partition coefficient (Wildman–Crippen LogP) is -0.637. The molecular weight excluding hydrogens is 192 g/mol. The van der Waals surface area contributed by atoms with E-state index in [4.69, 9.17) is 5.84 Å². The van der Waals surface area contributed by atoms with Crippen molar-refractivity contribution in [2.75, 3.05) is 0 Å². The Balaban J connectivity index is 3.25. The fourth-order valence-corrected chi connectivity index (χ4v) is 1.88. The molecule has 0 aliphatic carbocycles. The molecule has 0 spiro atoms. The Hall–Kier alpha value is -0.920. The molecule has 1 aromatic heterocycles. The average Bonchev–Trinajstić information content (AvgIpc) is 2.47. The summed E-state index contributed by atoms with van der Waals surface area (Å²) in [6, 6.07) is 0. The van der Waals surface area contributed by atoms with Crippen LogP contribution in [0.25, 0.3) is 0 Å². The Morgan fingerprint density at radius 3 is 2.69 bits per heavy atom. The highest BCUT2D eigenvalue weighted by Crippen LogP contribution is 2.12. The van der Waals surface area contributed by atoms with Gasteiger partial charge in [0.05, 0.1) is 11.9 Å². The zero-order valence-corrected chi connectivity index (χ0v) is 8.30. The van der Waals surface area contributed by atoms with Crippen LogP contribution in [0.3, 0.4) is 0 Å². The van der Waals surface area contributed by atoms with E-state index in [0.29, 0.717) is 12.2 Å². The largest absolute Gasteiger partial charge is 0.269 e. The van der Waals surface area contributed by atoms with Gasteiger partial charge < -0.3 is 0 Å². The Morgan fingerprint density at radius 1 is 1.69 bits per heavy atom. The molecule has 13 heavy (non-hydrogen) atoms. The van der Waals surface area contributed by atoms with E-state index < -0.39 is 10.0 Å². The molecule has 0 atom stereocenters. The van der Waals surface area contributed by atoms with Crippen LogP contribution < -0.4 is 10.7 Å². The lowest BCUT2D eigenvalue weighted by Crippen LogP contribution is -2.30. The number of sulfonamides is 1. The Labute approximate surface area is 76.8 Å². The van der Waals surface area contributed by atoms with Crippen LogP contribution in [0.1, 0.15) is 12.6 Å². The van der Waals surface area contributed by atoms with E-state index in [1.54, 1.807) is 16.4 Å². The molecule has 0 aliphatic rings. The van der Waals surface area contributed by atoms with Gasteiger partial charge in [-0.15, -0.1) is 4.83 Å². The summed E-state index contributed by atoms with van der Waals surface area (Å²) in [4.78, 5) is 1.88. The summed E-state index contributed by atoms with van der Waals surface area (Å²) in [6.07, 6.45) is 1.29. The zero-order valence-electron chi connectivity index (χ0n) is 7.48. The first-order chi connectivity index (χ1) is 6.03. The maximum atomic E-state index is 11.3. The standard InChI is InChI=1S/C6H12N4O2S/c1-3-10-5(2)6(4-8-10)13(11,12)9-7/h4,9H,3,7H2,1-2H3. The second-order valence-corrected chi connectivity index (χ2v) is 4.21. The minimum atomic E-state index is -3.57. The molecule has 0 radical (unpaired) electrons. The third-order valence-corrected chi connectivity index (χ3v) is 3.09. The average molecular weight is 204 g/mol. The number of nitrogens with zero attached hydrogens (tertiary/aromatic N) is 2. The van der Waals surface area contributed by atoms with E-state index in [1.807, 2.05) is 6.92 Å². The van der Waals surface area contributed by atoms with Crippen molar-refractivity contribution in [3.8, 4) is 0 Å². The van der Waals surface area contributed by atoms with Gasteiger partial charge in [-0.2, -0.15) is 5.10 Å². The van der Waals surface area contributed by atoms with Crippen molar-refractivity contribution in [2.24, 2.45) is 5.84 Å². The molecule has 0 saturated carbocycles. The molecule has 1 rings (SSSR count). The van der Waals surface area contributed by atoms with Crippen LogP contribution in [0.4, 0.5) is 0 Å². The minimum absolute atomic E-state index is 0.122. The fraction of sp³-hybridized carbons (Fsp3) is 0.500. The van der Waals surface area contributed by atoms with Crippen LogP contribution in [0, 0.1) is 6.92 Å². The van der Waals surface area contributed by atoms with Crippen molar-refractivity contribution in [3.05, 3.63) is 11.9 Å². The van der Waals surface area contributed by atoms with Crippen LogP contribution in [0.2, 0.25) is 0 Å². The van der Waals surface area contributed by atoms with Crippen LogP contribution in [0.15, 0.2) is 11.1 Å². The van der Waals surface area contributed by atoms with Crippen LogP contribution in [-0.2, 0) is 16.6 Å². The third kappa shape index (κ3) is 1.71. The first kappa shape index (κ1) is 10.2. The Kier molecular flexibility index (Phi) is 2.69. The third-order valence-electron chi connectivity index (χ3n) is 1.80. The lowest BCUT2D eigenvalue weighted by atomic mass is 10.5. The molecule has 0 bridgehead atoms. The van der Waals surface area contributed by atoms with E-state index in [9.17, 15) is 8.42 Å². The van der Waals surface area contributed by atoms with Crippen LogP contribution in [-0.4, -0.2) is 18.2 Å². The molecule has 3 N–H and O–H groups in total. The highest BCUT2D eigenvalue weighted by Gasteiger charge is 2.18. The van der Waals surface area contributed by atoms with Gasteiger partial charge in [0.2, 0.25) is 0 Å². The number of aryl methyl sites for hydroxylation is 1. The van der Waals surface area contributed by atoms with Gasteiger partial charge in [-0.25, -0.2) is 8.42 Å². The molecule has 1 aromatic rings. The van der Waals surface area contributed by atoms with E-state index >= 15 is 0 Å². The monoisotopic (exact) mass is 204 g/mol. The molecule has 0 aromatic carbocycles. The van der Waals surface area contributed by atoms with Crippen LogP contribution >= 0.6 is 0 Å². The van der Waals surface area contributed by atoms with Crippen molar-refractivity contribution in [1.29, 1.82) is 0 Å². The maximum absolute atomic E-state index is 11.3. The van der Waals surface area contributed by atoms with Crippen molar-refractivity contribution in [3.63, 3.8) is 0 Å². The molecule has 7 heteroatoms. The number of hydrogen-bond acceptors (Lipinski definition) is 4. The topological polar surface area (TPSA) is 90.0 Å². The molecule has 6 nitrogen and oxygen atoms in total. The summed E-state index contributed by atoms with van der Waals surface area (Å²) < 4.78 is 24.1. The number of nitrogens with one attached hydrogen (secondary N) is 1. The zero-order chi connectivity index (χ0) is 10.1. The number of hydrogen-bond donors (Lipinski definition) is 2. The van der Waals surface area contributed by atoms with Crippen molar-refractivity contribution in [2.45, 2.75) is 25.3 Å².